The number of hydrogen-bond acceptors (Lipinski definition) is 3. The maximum Gasteiger partial charge on any atom is 0.284 e. The second-order valence-corrected chi connectivity index (χ2v) is 8.23. The van der Waals surface area contributed by atoms with Crippen LogP contribution in [-0.4, -0.2) is 19.4 Å². The van der Waals surface area contributed by atoms with E-state index in [1.54, 1.807) is 56.3 Å². The van der Waals surface area contributed by atoms with Crippen molar-refractivity contribution in [3.8, 4) is 5.75 Å². The van der Waals surface area contributed by atoms with Crippen molar-refractivity contribution in [3.63, 3.8) is 0 Å². The first kappa shape index (κ1) is 19.9. The Morgan fingerprint density at radius 1 is 1.00 bits per heavy atom. The molecule has 7 heteroatoms. The van der Waals surface area contributed by atoms with Crippen LogP contribution < -0.4 is 5.32 Å². The van der Waals surface area contributed by atoms with Crippen LogP contribution in [0.4, 0.5) is 5.69 Å². The molecule has 0 radical (unpaired) electrons. The summed E-state index contributed by atoms with van der Waals surface area (Å²) >= 11 is 6.17. The molecule has 0 heterocycles. The zero-order chi connectivity index (χ0) is 20.3. The van der Waals surface area contributed by atoms with E-state index in [9.17, 15) is 13.5 Å². The lowest BCUT2D eigenvalue weighted by Gasteiger charge is -2.17. The first-order chi connectivity index (χ1) is 13.3. The number of benzene rings is 3. The van der Waals surface area contributed by atoms with E-state index in [1.807, 2.05) is 6.07 Å². The maximum absolute atomic E-state index is 12.8. The van der Waals surface area contributed by atoms with Gasteiger partial charge in [-0.15, -0.1) is 4.40 Å². The number of anilines is 1. The van der Waals surface area contributed by atoms with Crippen LogP contribution in [0.2, 0.25) is 5.02 Å². The summed E-state index contributed by atoms with van der Waals surface area (Å²) in [6.07, 6.45) is 0. The van der Waals surface area contributed by atoms with Crippen LogP contribution >= 0.6 is 11.6 Å². The minimum Gasteiger partial charge on any atom is -0.506 e. The van der Waals surface area contributed by atoms with Crippen molar-refractivity contribution in [1.29, 1.82) is 0 Å². The lowest BCUT2D eigenvalue weighted by molar-refractivity contribution is 0.475. The van der Waals surface area contributed by atoms with Crippen LogP contribution in [-0.2, 0) is 10.0 Å². The molecule has 2 N–H and O–H groups in total. The standard InChI is InChI=1S/C21H19ClN2O3S/c1-14-13-18(25)19(22)15(2)20(14)23-21(16-9-5-3-6-10-16)24-28(26,27)17-11-7-4-8-12-17/h3-13,25H,1-2H3,(H,23,24). The van der Waals surface area contributed by atoms with Crippen LogP contribution in [0.15, 0.2) is 76.0 Å². The van der Waals surface area contributed by atoms with Crippen LogP contribution in [0.5, 0.6) is 5.75 Å². The number of amidine groups is 1. The van der Waals surface area contributed by atoms with Gasteiger partial charge in [-0.05, 0) is 43.2 Å². The second kappa shape index (κ2) is 8.04. The molecular weight excluding hydrogens is 396 g/mol. The van der Waals surface area contributed by atoms with Crippen LogP contribution in [0, 0.1) is 13.8 Å². The molecule has 0 saturated heterocycles. The zero-order valence-electron chi connectivity index (χ0n) is 15.3. The highest BCUT2D eigenvalue weighted by atomic mass is 35.5. The van der Waals surface area contributed by atoms with Crippen molar-refractivity contribution in [2.75, 3.05) is 5.32 Å². The Morgan fingerprint density at radius 3 is 2.18 bits per heavy atom. The van der Waals surface area contributed by atoms with Crippen LogP contribution in [0.25, 0.3) is 0 Å². The number of aryl methyl sites for hydroxylation is 1. The summed E-state index contributed by atoms with van der Waals surface area (Å²) in [6, 6.07) is 18.5. The number of hydrogen-bond donors (Lipinski definition) is 2. The summed E-state index contributed by atoms with van der Waals surface area (Å²) in [5.74, 6) is 0.134. The quantitative estimate of drug-likeness (QED) is 0.361. The third-order valence-electron chi connectivity index (χ3n) is 4.22. The van der Waals surface area contributed by atoms with Gasteiger partial charge in [0.05, 0.1) is 9.92 Å². The molecule has 5 nitrogen and oxygen atoms in total. The Morgan fingerprint density at radius 2 is 1.57 bits per heavy atom. The second-order valence-electron chi connectivity index (χ2n) is 6.25. The highest BCUT2D eigenvalue weighted by Gasteiger charge is 2.18. The molecule has 0 aromatic heterocycles. The molecule has 0 spiro atoms. The molecule has 0 fully saturated rings. The molecule has 0 amide bonds. The molecule has 0 atom stereocenters. The van der Waals surface area contributed by atoms with Gasteiger partial charge in [0.25, 0.3) is 10.0 Å². The van der Waals surface area contributed by atoms with Crippen molar-refractivity contribution in [2.24, 2.45) is 4.40 Å². The van der Waals surface area contributed by atoms with E-state index < -0.39 is 10.0 Å². The molecule has 0 bridgehead atoms. The predicted octanol–water partition coefficient (Wildman–Crippen LogP) is 4.91. The number of rotatable bonds is 4. The first-order valence-electron chi connectivity index (χ1n) is 8.50. The van der Waals surface area contributed by atoms with Crippen molar-refractivity contribution >= 4 is 33.1 Å². The third-order valence-corrected chi connectivity index (χ3v) is 5.99. The summed E-state index contributed by atoms with van der Waals surface area (Å²) in [5, 5.41) is 13.2. The van der Waals surface area contributed by atoms with Gasteiger partial charge in [0.15, 0.2) is 5.84 Å². The van der Waals surface area contributed by atoms with Gasteiger partial charge in [0.1, 0.15) is 5.75 Å². The number of nitrogens with zero attached hydrogens (tertiary/aromatic N) is 1. The van der Waals surface area contributed by atoms with E-state index in [4.69, 9.17) is 11.6 Å². The smallest absolute Gasteiger partial charge is 0.284 e. The minimum absolute atomic E-state index is 0.0303. The van der Waals surface area contributed by atoms with Crippen molar-refractivity contribution in [2.45, 2.75) is 18.7 Å². The first-order valence-corrected chi connectivity index (χ1v) is 10.3. The Hall–Kier alpha value is -2.83. The predicted molar refractivity (Wildman–Crippen MR) is 113 cm³/mol. The maximum atomic E-state index is 12.8. The number of phenols is 1. The van der Waals surface area contributed by atoms with Gasteiger partial charge in [-0.3, -0.25) is 0 Å². The van der Waals surface area contributed by atoms with Crippen LogP contribution in [0.1, 0.15) is 16.7 Å². The molecule has 3 aromatic rings. The Bertz CT molecular complexity index is 1130. The molecule has 0 saturated carbocycles. The monoisotopic (exact) mass is 414 g/mol. The lowest BCUT2D eigenvalue weighted by atomic mass is 10.1. The average Bonchev–Trinajstić information content (AvgIpc) is 2.70. The minimum atomic E-state index is -3.93. The van der Waals surface area contributed by atoms with Gasteiger partial charge >= 0.3 is 0 Å². The molecule has 3 rings (SSSR count). The van der Waals surface area contributed by atoms with Gasteiger partial charge in [-0.1, -0.05) is 60.1 Å². The van der Waals surface area contributed by atoms with E-state index in [0.717, 1.165) is 0 Å². The number of sulfonamides is 1. The number of nitrogens with one attached hydrogen (secondary N) is 1. The van der Waals surface area contributed by atoms with Crippen molar-refractivity contribution < 1.29 is 13.5 Å². The highest BCUT2D eigenvalue weighted by Crippen LogP contribution is 2.35. The SMILES string of the molecule is Cc1cc(O)c(Cl)c(C)c1NC(=NS(=O)(=O)c1ccccc1)c1ccccc1. The van der Waals surface area contributed by atoms with Crippen LogP contribution in [0.3, 0.4) is 0 Å². The number of aromatic hydroxyl groups is 1. The molecule has 0 unspecified atom stereocenters. The molecular formula is C21H19ClN2O3S. The van der Waals surface area contributed by atoms with Crippen molar-refractivity contribution in [3.05, 3.63) is 88.4 Å². The van der Waals surface area contributed by atoms with E-state index in [1.165, 1.54) is 18.2 Å². The summed E-state index contributed by atoms with van der Waals surface area (Å²) in [5.41, 5.74) is 2.50. The zero-order valence-corrected chi connectivity index (χ0v) is 16.9. The average molecular weight is 415 g/mol. The van der Waals surface area contributed by atoms with Crippen molar-refractivity contribution in [1.82, 2.24) is 0 Å². The fraction of sp³-hybridized carbons (Fsp3) is 0.0952. The lowest BCUT2D eigenvalue weighted by Crippen LogP contribution is -2.18. The summed E-state index contributed by atoms with van der Waals surface area (Å²) in [6.45, 7) is 3.53. The van der Waals surface area contributed by atoms with E-state index in [2.05, 4.69) is 9.71 Å². The van der Waals surface area contributed by atoms with Gasteiger partial charge in [0.2, 0.25) is 0 Å². The topological polar surface area (TPSA) is 78.8 Å². The third kappa shape index (κ3) is 4.18. The summed E-state index contributed by atoms with van der Waals surface area (Å²) in [4.78, 5) is 0.0995. The fourth-order valence-electron chi connectivity index (χ4n) is 2.76. The normalized spacial score (nSPS) is 12.0. The van der Waals surface area contributed by atoms with Gasteiger partial charge in [-0.2, -0.15) is 8.42 Å². The molecule has 0 aliphatic carbocycles. The molecule has 0 aliphatic rings. The Balaban J connectivity index is 2.14. The summed E-state index contributed by atoms with van der Waals surface area (Å²) in [7, 11) is -3.93. The number of phenolic OH excluding ortho intramolecular Hbond substituents is 1. The number of halogens is 1. The fourth-order valence-corrected chi connectivity index (χ4v) is 3.90. The largest absolute Gasteiger partial charge is 0.506 e. The Labute approximate surface area is 169 Å². The van der Waals surface area contributed by atoms with E-state index in [-0.39, 0.29) is 21.5 Å². The molecule has 28 heavy (non-hydrogen) atoms. The Kier molecular flexibility index (Phi) is 5.72. The van der Waals surface area contributed by atoms with E-state index in [0.29, 0.717) is 22.4 Å². The summed E-state index contributed by atoms with van der Waals surface area (Å²) < 4.78 is 29.7. The highest BCUT2D eigenvalue weighted by molar-refractivity contribution is 7.90. The van der Waals surface area contributed by atoms with Gasteiger partial charge < -0.3 is 10.4 Å². The van der Waals surface area contributed by atoms with Gasteiger partial charge in [0, 0.05) is 11.3 Å². The van der Waals surface area contributed by atoms with E-state index >= 15 is 0 Å². The molecule has 0 aliphatic heterocycles. The molecule has 3 aromatic carbocycles. The molecule has 144 valence electrons. The van der Waals surface area contributed by atoms with Gasteiger partial charge in [-0.25, -0.2) is 0 Å².